The fourth-order valence-corrected chi connectivity index (χ4v) is 4.43. The summed E-state index contributed by atoms with van der Waals surface area (Å²) in [6.07, 6.45) is 0. The Morgan fingerprint density at radius 3 is 2.41 bits per heavy atom. The van der Waals surface area contributed by atoms with Gasteiger partial charge in [0.15, 0.2) is 0 Å². The molecular formula is C17H20N2O6S2. The van der Waals surface area contributed by atoms with E-state index in [1.54, 1.807) is 38.3 Å². The molecular weight excluding hydrogens is 392 g/mol. The van der Waals surface area contributed by atoms with E-state index in [0.717, 1.165) is 11.0 Å². The topological polar surface area (TPSA) is 108 Å². The van der Waals surface area contributed by atoms with Gasteiger partial charge < -0.3 is 9.47 Å². The minimum atomic E-state index is -3.90. The third-order valence-electron chi connectivity index (χ3n) is 3.50. The Balaban J connectivity index is 2.31. The Morgan fingerprint density at radius 1 is 1.19 bits per heavy atom. The zero-order valence-electron chi connectivity index (χ0n) is 15.0. The number of ether oxygens (including phenoxy) is 2. The van der Waals surface area contributed by atoms with Crippen LogP contribution in [-0.2, 0) is 14.8 Å². The molecule has 2 rings (SSSR count). The van der Waals surface area contributed by atoms with Gasteiger partial charge in [0, 0.05) is 24.1 Å². The quantitative estimate of drug-likeness (QED) is 0.498. The summed E-state index contributed by atoms with van der Waals surface area (Å²) in [5, 5.41) is 11.5. The number of nitro groups is 1. The second-order valence-corrected chi connectivity index (χ2v) is 8.47. The number of nitro benzene ring substituents is 1. The monoisotopic (exact) mass is 412 g/mol. The standard InChI is InChI=1S/C17H20N2O6S2/c1-12(11-24-2)18-27(22,23)15-8-9-17(16(10-15)19(20)21)26-14-6-4-13(25-3)5-7-14/h4-10,12,18H,11H2,1-3H3/t12-/m0/s1. The van der Waals surface area contributed by atoms with Gasteiger partial charge in [0.05, 0.1) is 28.4 Å². The molecule has 0 fully saturated rings. The number of rotatable bonds is 9. The Kier molecular flexibility index (Phi) is 7.19. The summed E-state index contributed by atoms with van der Waals surface area (Å²) in [4.78, 5) is 11.8. The molecule has 0 saturated heterocycles. The lowest BCUT2D eigenvalue weighted by atomic mass is 10.3. The van der Waals surface area contributed by atoms with E-state index in [4.69, 9.17) is 9.47 Å². The predicted octanol–water partition coefficient (Wildman–Crippen LogP) is 3.07. The van der Waals surface area contributed by atoms with Crippen LogP contribution in [0.15, 0.2) is 57.2 Å². The van der Waals surface area contributed by atoms with Crippen molar-refractivity contribution < 1.29 is 22.8 Å². The first-order chi connectivity index (χ1) is 12.8. The largest absolute Gasteiger partial charge is 0.497 e. The van der Waals surface area contributed by atoms with Crippen molar-refractivity contribution in [2.24, 2.45) is 0 Å². The number of methoxy groups -OCH3 is 2. The Morgan fingerprint density at radius 2 is 1.85 bits per heavy atom. The number of hydrogen-bond acceptors (Lipinski definition) is 7. The molecule has 1 N–H and O–H groups in total. The third kappa shape index (κ3) is 5.67. The van der Waals surface area contributed by atoms with Gasteiger partial charge in [-0.2, -0.15) is 0 Å². The second-order valence-electron chi connectivity index (χ2n) is 5.64. The van der Waals surface area contributed by atoms with E-state index in [1.165, 1.54) is 31.0 Å². The first-order valence-corrected chi connectivity index (χ1v) is 10.2. The summed E-state index contributed by atoms with van der Waals surface area (Å²) in [5.41, 5.74) is -0.280. The van der Waals surface area contributed by atoms with Gasteiger partial charge in [-0.05, 0) is 43.3 Å². The highest BCUT2D eigenvalue weighted by Crippen LogP contribution is 2.36. The highest BCUT2D eigenvalue weighted by Gasteiger charge is 2.23. The molecule has 2 aromatic carbocycles. The summed E-state index contributed by atoms with van der Waals surface area (Å²) in [6.45, 7) is 1.83. The van der Waals surface area contributed by atoms with Crippen LogP contribution in [0.1, 0.15) is 6.92 Å². The Bertz CT molecular complexity index is 900. The number of nitrogens with zero attached hydrogens (tertiary/aromatic N) is 1. The number of hydrogen-bond donors (Lipinski definition) is 1. The minimum Gasteiger partial charge on any atom is -0.497 e. The molecule has 0 spiro atoms. The molecule has 0 heterocycles. The van der Waals surface area contributed by atoms with Gasteiger partial charge in [-0.25, -0.2) is 13.1 Å². The number of sulfonamides is 1. The maximum absolute atomic E-state index is 12.4. The number of benzene rings is 2. The van der Waals surface area contributed by atoms with Gasteiger partial charge in [-0.15, -0.1) is 0 Å². The molecule has 8 nitrogen and oxygen atoms in total. The van der Waals surface area contributed by atoms with Crippen molar-refractivity contribution in [2.75, 3.05) is 20.8 Å². The summed E-state index contributed by atoms with van der Waals surface area (Å²) in [6, 6.07) is 10.4. The lowest BCUT2D eigenvalue weighted by molar-refractivity contribution is -0.388. The lowest BCUT2D eigenvalue weighted by Gasteiger charge is -2.13. The summed E-state index contributed by atoms with van der Waals surface area (Å²) < 4.78 is 37.3. The molecule has 0 aliphatic heterocycles. The van der Waals surface area contributed by atoms with E-state index in [0.29, 0.717) is 10.6 Å². The van der Waals surface area contributed by atoms with Gasteiger partial charge in [-0.1, -0.05) is 11.8 Å². The molecule has 10 heteroatoms. The van der Waals surface area contributed by atoms with Gasteiger partial charge in [-0.3, -0.25) is 10.1 Å². The van der Waals surface area contributed by atoms with E-state index >= 15 is 0 Å². The van der Waals surface area contributed by atoms with E-state index in [2.05, 4.69) is 4.72 Å². The number of nitrogens with one attached hydrogen (secondary N) is 1. The van der Waals surface area contributed by atoms with Crippen molar-refractivity contribution in [2.45, 2.75) is 27.7 Å². The van der Waals surface area contributed by atoms with Crippen LogP contribution in [0.25, 0.3) is 0 Å². The highest BCUT2D eigenvalue weighted by molar-refractivity contribution is 7.99. The lowest BCUT2D eigenvalue weighted by Crippen LogP contribution is -2.35. The zero-order valence-corrected chi connectivity index (χ0v) is 16.7. The van der Waals surface area contributed by atoms with Crippen molar-refractivity contribution in [3.63, 3.8) is 0 Å². The van der Waals surface area contributed by atoms with Crippen molar-refractivity contribution in [3.8, 4) is 5.75 Å². The normalized spacial score (nSPS) is 12.6. The average molecular weight is 412 g/mol. The van der Waals surface area contributed by atoms with Crippen molar-refractivity contribution in [1.82, 2.24) is 4.72 Å². The van der Waals surface area contributed by atoms with E-state index in [9.17, 15) is 18.5 Å². The molecule has 146 valence electrons. The molecule has 0 aromatic heterocycles. The van der Waals surface area contributed by atoms with Gasteiger partial charge >= 0.3 is 0 Å². The van der Waals surface area contributed by atoms with Crippen LogP contribution < -0.4 is 9.46 Å². The molecule has 0 saturated carbocycles. The smallest absolute Gasteiger partial charge is 0.284 e. The van der Waals surface area contributed by atoms with Crippen molar-refractivity contribution in [1.29, 1.82) is 0 Å². The zero-order chi connectivity index (χ0) is 20.0. The van der Waals surface area contributed by atoms with Crippen molar-refractivity contribution in [3.05, 3.63) is 52.6 Å². The van der Waals surface area contributed by atoms with Gasteiger partial charge in [0.25, 0.3) is 5.69 Å². The fourth-order valence-electron chi connectivity index (χ4n) is 2.28. The SMILES string of the molecule is COC[C@H](C)NS(=O)(=O)c1ccc(Sc2ccc(OC)cc2)c([N+](=O)[O-])c1. The maximum atomic E-state index is 12.4. The summed E-state index contributed by atoms with van der Waals surface area (Å²) in [5.74, 6) is 0.673. The molecule has 0 aliphatic carbocycles. The molecule has 0 aliphatic rings. The molecule has 2 aromatic rings. The van der Waals surface area contributed by atoms with Crippen LogP contribution in [0.5, 0.6) is 5.75 Å². The maximum Gasteiger partial charge on any atom is 0.284 e. The Labute approximate surface area is 162 Å². The highest BCUT2D eigenvalue weighted by atomic mass is 32.2. The minimum absolute atomic E-state index is 0.170. The fraction of sp³-hybridized carbons (Fsp3) is 0.294. The van der Waals surface area contributed by atoms with Crippen LogP contribution in [-0.4, -0.2) is 40.2 Å². The molecule has 0 unspecified atom stereocenters. The Hall–Kier alpha value is -2.14. The van der Waals surface area contributed by atoms with E-state index in [1.807, 2.05) is 0 Å². The van der Waals surface area contributed by atoms with Crippen LogP contribution in [0, 0.1) is 10.1 Å². The summed E-state index contributed by atoms with van der Waals surface area (Å²) in [7, 11) is -0.888. The summed E-state index contributed by atoms with van der Waals surface area (Å²) >= 11 is 1.17. The van der Waals surface area contributed by atoms with Crippen LogP contribution in [0.2, 0.25) is 0 Å². The molecule has 27 heavy (non-hydrogen) atoms. The van der Waals surface area contributed by atoms with E-state index in [-0.39, 0.29) is 17.2 Å². The van der Waals surface area contributed by atoms with Crippen molar-refractivity contribution >= 4 is 27.5 Å². The third-order valence-corrected chi connectivity index (χ3v) is 6.16. The van der Waals surface area contributed by atoms with Crippen LogP contribution >= 0.6 is 11.8 Å². The first-order valence-electron chi connectivity index (χ1n) is 7.88. The molecule has 1 atom stereocenters. The van der Waals surface area contributed by atoms with Gasteiger partial charge in [0.2, 0.25) is 10.0 Å². The molecule has 0 radical (unpaired) electrons. The molecule has 0 amide bonds. The van der Waals surface area contributed by atoms with Gasteiger partial charge in [0.1, 0.15) is 5.75 Å². The predicted molar refractivity (Wildman–Crippen MR) is 102 cm³/mol. The first kappa shape index (κ1) is 21.2. The molecule has 0 bridgehead atoms. The second kappa shape index (κ2) is 9.18. The van der Waals surface area contributed by atoms with Crippen LogP contribution in [0.4, 0.5) is 5.69 Å². The van der Waals surface area contributed by atoms with Crippen LogP contribution in [0.3, 0.4) is 0 Å². The average Bonchev–Trinajstić information content (AvgIpc) is 2.62. The van der Waals surface area contributed by atoms with E-state index < -0.39 is 21.0 Å².